The van der Waals surface area contributed by atoms with E-state index in [1.54, 1.807) is 0 Å². The van der Waals surface area contributed by atoms with Gasteiger partial charge >= 0.3 is 0 Å². The average molecular weight is 334 g/mol. The Morgan fingerprint density at radius 2 is 1.56 bits per heavy atom. The SMILES string of the molecule is C=CCC(C)(C)C(=C)Nc1ccc(-c2ccc(CCCC)cc2)cc1. The van der Waals surface area contributed by atoms with Crippen LogP contribution in [-0.2, 0) is 6.42 Å². The van der Waals surface area contributed by atoms with Crippen molar-refractivity contribution in [3.63, 3.8) is 0 Å². The van der Waals surface area contributed by atoms with Gasteiger partial charge in [0.1, 0.15) is 0 Å². The van der Waals surface area contributed by atoms with Crippen LogP contribution in [0.15, 0.2) is 73.5 Å². The standard InChI is InChI=1S/C24H31N/c1-6-8-9-20-10-12-21(13-11-20)22-14-16-23(17-15-22)25-19(3)24(4,5)18-7-2/h7,10-17,25H,2-3,6,8-9,18H2,1,4-5H3. The third-order valence-corrected chi connectivity index (χ3v) is 4.76. The molecular formula is C24H31N. The molecule has 0 unspecified atom stereocenters. The highest BCUT2D eigenvalue weighted by Gasteiger charge is 2.20. The fraction of sp³-hybridized carbons (Fsp3) is 0.333. The van der Waals surface area contributed by atoms with Crippen molar-refractivity contribution in [2.24, 2.45) is 5.41 Å². The Labute approximate surface area is 153 Å². The van der Waals surface area contributed by atoms with Crippen molar-refractivity contribution in [2.45, 2.75) is 46.5 Å². The fourth-order valence-electron chi connectivity index (χ4n) is 2.82. The van der Waals surface area contributed by atoms with Crippen LogP contribution in [0.3, 0.4) is 0 Å². The molecule has 2 aromatic rings. The zero-order valence-electron chi connectivity index (χ0n) is 15.9. The molecule has 0 amide bonds. The van der Waals surface area contributed by atoms with Gasteiger partial charge in [0.2, 0.25) is 0 Å². The van der Waals surface area contributed by atoms with Crippen LogP contribution in [0.5, 0.6) is 0 Å². The van der Waals surface area contributed by atoms with Crippen LogP contribution in [0.25, 0.3) is 11.1 Å². The van der Waals surface area contributed by atoms with Gasteiger partial charge in [0.05, 0.1) is 0 Å². The summed E-state index contributed by atoms with van der Waals surface area (Å²) in [4.78, 5) is 0. The lowest BCUT2D eigenvalue weighted by molar-refractivity contribution is 0.459. The Morgan fingerprint density at radius 3 is 2.08 bits per heavy atom. The third kappa shape index (κ3) is 5.35. The van der Waals surface area contributed by atoms with Crippen LogP contribution < -0.4 is 5.32 Å². The summed E-state index contributed by atoms with van der Waals surface area (Å²) in [6.07, 6.45) is 6.51. The number of anilines is 1. The Kier molecular flexibility index (Phi) is 6.64. The Balaban J connectivity index is 2.04. The number of hydrogen-bond acceptors (Lipinski definition) is 1. The van der Waals surface area contributed by atoms with Crippen molar-refractivity contribution in [1.82, 2.24) is 0 Å². The Bertz CT molecular complexity index is 690. The molecule has 0 aromatic heterocycles. The van der Waals surface area contributed by atoms with Gasteiger partial charge in [0.25, 0.3) is 0 Å². The van der Waals surface area contributed by atoms with E-state index in [4.69, 9.17) is 0 Å². The molecule has 0 saturated heterocycles. The quantitative estimate of drug-likeness (QED) is 0.477. The molecule has 2 rings (SSSR count). The normalized spacial score (nSPS) is 11.2. The monoisotopic (exact) mass is 333 g/mol. The lowest BCUT2D eigenvalue weighted by atomic mass is 9.86. The molecule has 0 bridgehead atoms. The van der Waals surface area contributed by atoms with E-state index in [1.165, 1.54) is 36.0 Å². The van der Waals surface area contributed by atoms with E-state index in [0.29, 0.717) is 0 Å². The van der Waals surface area contributed by atoms with Gasteiger partial charge in [-0.15, -0.1) is 6.58 Å². The van der Waals surface area contributed by atoms with Gasteiger partial charge in [0.15, 0.2) is 0 Å². The highest BCUT2D eigenvalue weighted by molar-refractivity contribution is 5.66. The molecule has 25 heavy (non-hydrogen) atoms. The van der Waals surface area contributed by atoms with Crippen LogP contribution in [0.4, 0.5) is 5.69 Å². The maximum atomic E-state index is 4.20. The number of nitrogens with one attached hydrogen (secondary N) is 1. The molecule has 0 heterocycles. The second-order valence-corrected chi connectivity index (χ2v) is 7.36. The van der Waals surface area contributed by atoms with E-state index in [1.807, 2.05) is 6.08 Å². The molecule has 0 saturated carbocycles. The predicted molar refractivity (Wildman–Crippen MR) is 112 cm³/mol. The molecule has 0 spiro atoms. The Hall–Kier alpha value is -2.28. The summed E-state index contributed by atoms with van der Waals surface area (Å²) in [5.74, 6) is 0. The van der Waals surface area contributed by atoms with E-state index in [-0.39, 0.29) is 5.41 Å². The zero-order chi connectivity index (χ0) is 18.3. The van der Waals surface area contributed by atoms with E-state index >= 15 is 0 Å². The molecule has 132 valence electrons. The van der Waals surface area contributed by atoms with Gasteiger partial charge in [-0.2, -0.15) is 0 Å². The van der Waals surface area contributed by atoms with E-state index < -0.39 is 0 Å². The molecule has 0 fully saturated rings. The van der Waals surface area contributed by atoms with Crippen LogP contribution in [0, 0.1) is 5.41 Å². The van der Waals surface area contributed by atoms with Gasteiger partial charge in [-0.25, -0.2) is 0 Å². The molecule has 0 atom stereocenters. The number of benzene rings is 2. The molecule has 0 aliphatic carbocycles. The van der Waals surface area contributed by atoms with Crippen molar-refractivity contribution >= 4 is 5.69 Å². The number of rotatable bonds is 9. The molecule has 0 aliphatic heterocycles. The van der Waals surface area contributed by atoms with Crippen LogP contribution in [-0.4, -0.2) is 0 Å². The number of aryl methyl sites for hydroxylation is 1. The van der Waals surface area contributed by atoms with Crippen LogP contribution in [0.1, 0.15) is 45.6 Å². The lowest BCUT2D eigenvalue weighted by Crippen LogP contribution is -2.19. The smallest absolute Gasteiger partial charge is 0.0382 e. The molecule has 1 nitrogen and oxygen atoms in total. The molecule has 1 heteroatoms. The molecule has 1 N–H and O–H groups in total. The van der Waals surface area contributed by atoms with Crippen molar-refractivity contribution in [3.8, 4) is 11.1 Å². The van der Waals surface area contributed by atoms with Gasteiger partial charge in [-0.3, -0.25) is 0 Å². The molecule has 0 aliphatic rings. The molecule has 0 radical (unpaired) electrons. The topological polar surface area (TPSA) is 12.0 Å². The molecular weight excluding hydrogens is 302 g/mol. The summed E-state index contributed by atoms with van der Waals surface area (Å²) >= 11 is 0. The predicted octanol–water partition coefficient (Wildman–Crippen LogP) is 7.22. The first-order valence-corrected chi connectivity index (χ1v) is 9.23. The summed E-state index contributed by atoms with van der Waals surface area (Å²) in [5, 5.41) is 3.44. The van der Waals surface area contributed by atoms with E-state index in [0.717, 1.165) is 17.8 Å². The van der Waals surface area contributed by atoms with Gasteiger partial charge in [0, 0.05) is 16.8 Å². The van der Waals surface area contributed by atoms with Crippen molar-refractivity contribution < 1.29 is 0 Å². The second kappa shape index (κ2) is 8.71. The highest BCUT2D eigenvalue weighted by atomic mass is 14.9. The first-order valence-electron chi connectivity index (χ1n) is 9.23. The van der Waals surface area contributed by atoms with Gasteiger partial charge in [-0.1, -0.05) is 76.2 Å². The lowest BCUT2D eigenvalue weighted by Gasteiger charge is -2.27. The number of allylic oxidation sites excluding steroid dienone is 2. The summed E-state index contributed by atoms with van der Waals surface area (Å²) in [5.41, 5.74) is 6.01. The summed E-state index contributed by atoms with van der Waals surface area (Å²) in [6, 6.07) is 17.5. The first-order chi connectivity index (χ1) is 12.0. The maximum Gasteiger partial charge on any atom is 0.0382 e. The number of hydrogen-bond donors (Lipinski definition) is 1. The molecule has 2 aromatic carbocycles. The minimum absolute atomic E-state index is 0.00522. The van der Waals surface area contributed by atoms with Gasteiger partial charge in [-0.05, 0) is 48.1 Å². The third-order valence-electron chi connectivity index (χ3n) is 4.76. The zero-order valence-corrected chi connectivity index (χ0v) is 15.9. The van der Waals surface area contributed by atoms with Crippen molar-refractivity contribution in [1.29, 1.82) is 0 Å². The minimum Gasteiger partial charge on any atom is -0.359 e. The number of unbranched alkanes of at least 4 members (excludes halogenated alkanes) is 1. The summed E-state index contributed by atoms with van der Waals surface area (Å²) in [7, 11) is 0. The average Bonchev–Trinajstić information content (AvgIpc) is 2.61. The van der Waals surface area contributed by atoms with Gasteiger partial charge < -0.3 is 5.32 Å². The highest BCUT2D eigenvalue weighted by Crippen LogP contribution is 2.31. The maximum absolute atomic E-state index is 4.20. The second-order valence-electron chi connectivity index (χ2n) is 7.36. The van der Waals surface area contributed by atoms with Crippen molar-refractivity contribution in [3.05, 3.63) is 79.0 Å². The van der Waals surface area contributed by atoms with Crippen LogP contribution in [0.2, 0.25) is 0 Å². The first kappa shape index (κ1) is 19.1. The van der Waals surface area contributed by atoms with E-state index in [9.17, 15) is 0 Å². The van der Waals surface area contributed by atoms with Crippen molar-refractivity contribution in [2.75, 3.05) is 5.32 Å². The largest absolute Gasteiger partial charge is 0.359 e. The summed E-state index contributed by atoms with van der Waals surface area (Å²) in [6.45, 7) is 14.6. The van der Waals surface area contributed by atoms with Crippen LogP contribution >= 0.6 is 0 Å². The minimum atomic E-state index is -0.00522. The fourth-order valence-corrected chi connectivity index (χ4v) is 2.82. The summed E-state index contributed by atoms with van der Waals surface area (Å²) < 4.78 is 0. The Morgan fingerprint density at radius 1 is 1.00 bits per heavy atom. The van der Waals surface area contributed by atoms with E-state index in [2.05, 4.69) is 87.8 Å².